The molecule has 0 spiro atoms. The van der Waals surface area contributed by atoms with Crippen molar-refractivity contribution in [3.05, 3.63) is 17.9 Å². The normalized spacial score (nSPS) is 18.1. The molecule has 0 bridgehead atoms. The molecule has 1 aromatic rings. The zero-order chi connectivity index (χ0) is 13.9. The maximum atomic E-state index is 12.3. The maximum Gasteiger partial charge on any atom is 0.276 e. The number of furan rings is 1. The van der Waals surface area contributed by atoms with Crippen LogP contribution in [0.1, 0.15) is 37.9 Å². The Morgan fingerprint density at radius 3 is 2.58 bits per heavy atom. The van der Waals surface area contributed by atoms with E-state index in [2.05, 4.69) is 0 Å². The fraction of sp³-hybridized carbons (Fsp3) is 0.692. The maximum absolute atomic E-state index is 12.3. The molecule has 1 heterocycles. The summed E-state index contributed by atoms with van der Waals surface area (Å²) in [5.74, 6) is 0.960. The molecule has 0 aromatic carbocycles. The minimum atomic E-state index is -3.52. The number of nitrogens with two attached hydrogens (primary N) is 1. The van der Waals surface area contributed by atoms with Crippen LogP contribution in [-0.4, -0.2) is 26.3 Å². The van der Waals surface area contributed by atoms with Crippen molar-refractivity contribution in [2.75, 3.05) is 13.6 Å². The van der Waals surface area contributed by atoms with Crippen LogP contribution in [0.15, 0.2) is 21.6 Å². The summed E-state index contributed by atoms with van der Waals surface area (Å²) < 4.78 is 31.3. The van der Waals surface area contributed by atoms with Crippen molar-refractivity contribution in [1.82, 2.24) is 4.31 Å². The highest BCUT2D eigenvalue weighted by Crippen LogP contribution is 2.26. The number of nitrogens with zero attached hydrogens (tertiary/aromatic N) is 1. The molecule has 0 aliphatic heterocycles. The molecule has 0 unspecified atom stereocenters. The number of rotatable bonds is 5. The number of sulfonamides is 1. The molecule has 1 fully saturated rings. The molecule has 0 saturated heterocycles. The van der Waals surface area contributed by atoms with E-state index in [1.807, 2.05) is 0 Å². The lowest BCUT2D eigenvalue weighted by Gasteiger charge is -2.25. The first-order chi connectivity index (χ1) is 9.04. The van der Waals surface area contributed by atoms with Crippen LogP contribution in [0, 0.1) is 5.92 Å². The fourth-order valence-corrected chi connectivity index (χ4v) is 3.76. The Morgan fingerprint density at radius 2 is 2.00 bits per heavy atom. The van der Waals surface area contributed by atoms with Crippen molar-refractivity contribution < 1.29 is 12.8 Å². The van der Waals surface area contributed by atoms with Crippen molar-refractivity contribution >= 4 is 10.0 Å². The van der Waals surface area contributed by atoms with E-state index in [1.165, 1.54) is 29.6 Å². The highest BCUT2D eigenvalue weighted by Gasteiger charge is 2.27. The van der Waals surface area contributed by atoms with E-state index in [4.69, 9.17) is 10.2 Å². The first-order valence-corrected chi connectivity index (χ1v) is 8.23. The molecule has 6 heteroatoms. The van der Waals surface area contributed by atoms with Gasteiger partial charge in [-0.2, -0.15) is 4.31 Å². The summed E-state index contributed by atoms with van der Waals surface area (Å²) >= 11 is 0. The molecular weight excluding hydrogens is 264 g/mol. The third kappa shape index (κ3) is 3.38. The third-order valence-corrected chi connectivity index (χ3v) is 5.44. The lowest BCUT2D eigenvalue weighted by Crippen LogP contribution is -2.32. The van der Waals surface area contributed by atoms with Gasteiger partial charge in [-0.3, -0.25) is 0 Å². The van der Waals surface area contributed by atoms with Crippen LogP contribution in [0.3, 0.4) is 0 Å². The predicted molar refractivity (Wildman–Crippen MR) is 73.0 cm³/mol. The Bertz CT molecular complexity index is 504. The number of hydrogen-bond acceptors (Lipinski definition) is 4. The minimum absolute atomic E-state index is 0.00809. The van der Waals surface area contributed by atoms with Crippen molar-refractivity contribution in [2.45, 2.75) is 43.7 Å². The minimum Gasteiger partial charge on any atom is -0.447 e. The molecule has 19 heavy (non-hydrogen) atoms. The molecule has 1 aliphatic rings. The van der Waals surface area contributed by atoms with Gasteiger partial charge < -0.3 is 10.2 Å². The third-order valence-electron chi connectivity index (χ3n) is 3.74. The Balaban J connectivity index is 2.05. The lowest BCUT2D eigenvalue weighted by molar-refractivity contribution is 0.294. The zero-order valence-electron chi connectivity index (χ0n) is 11.3. The standard InChI is InChI=1S/C13H22N2O3S/c1-15(10-11-5-3-2-4-6-11)19(16,17)13-8-7-12(9-14)18-13/h7-8,11H,2-6,9-10,14H2,1H3. The molecule has 1 aromatic heterocycles. The van der Waals surface area contributed by atoms with Crippen LogP contribution >= 0.6 is 0 Å². The van der Waals surface area contributed by atoms with Crippen molar-refractivity contribution in [3.63, 3.8) is 0 Å². The van der Waals surface area contributed by atoms with Gasteiger partial charge in [0, 0.05) is 13.6 Å². The van der Waals surface area contributed by atoms with E-state index in [0.717, 1.165) is 12.8 Å². The smallest absolute Gasteiger partial charge is 0.276 e. The van der Waals surface area contributed by atoms with Gasteiger partial charge in [0.2, 0.25) is 5.09 Å². The first-order valence-electron chi connectivity index (χ1n) is 6.79. The highest BCUT2D eigenvalue weighted by atomic mass is 32.2. The Kier molecular flexibility index (Phi) is 4.65. The van der Waals surface area contributed by atoms with E-state index in [9.17, 15) is 8.42 Å². The summed E-state index contributed by atoms with van der Waals surface area (Å²) in [6.07, 6.45) is 5.91. The quantitative estimate of drug-likeness (QED) is 0.897. The van der Waals surface area contributed by atoms with Crippen LogP contribution < -0.4 is 5.73 Å². The molecular formula is C13H22N2O3S. The van der Waals surface area contributed by atoms with Crippen molar-refractivity contribution in [2.24, 2.45) is 11.7 Å². The van der Waals surface area contributed by atoms with E-state index >= 15 is 0 Å². The molecule has 108 valence electrons. The largest absolute Gasteiger partial charge is 0.447 e. The number of hydrogen-bond donors (Lipinski definition) is 1. The second-order valence-corrected chi connectivity index (χ2v) is 7.19. The van der Waals surface area contributed by atoms with Gasteiger partial charge in [-0.05, 0) is 30.9 Å². The molecule has 2 rings (SSSR count). The van der Waals surface area contributed by atoms with Crippen LogP contribution in [0.4, 0.5) is 0 Å². The van der Waals surface area contributed by atoms with Crippen LogP contribution in [0.2, 0.25) is 0 Å². The van der Waals surface area contributed by atoms with E-state index < -0.39 is 10.0 Å². The van der Waals surface area contributed by atoms with Gasteiger partial charge in [0.15, 0.2) is 0 Å². The van der Waals surface area contributed by atoms with Crippen molar-refractivity contribution in [1.29, 1.82) is 0 Å². The van der Waals surface area contributed by atoms with Gasteiger partial charge in [-0.25, -0.2) is 8.42 Å². The predicted octanol–water partition coefficient (Wildman–Crippen LogP) is 1.94. The molecule has 1 saturated carbocycles. The average Bonchev–Trinajstić information content (AvgIpc) is 2.89. The molecule has 2 N–H and O–H groups in total. The van der Waals surface area contributed by atoms with Gasteiger partial charge >= 0.3 is 0 Å². The topological polar surface area (TPSA) is 76.5 Å². The second-order valence-electron chi connectivity index (χ2n) is 5.21. The Hall–Kier alpha value is -0.850. The summed E-state index contributed by atoms with van der Waals surface area (Å²) in [5.41, 5.74) is 5.43. The van der Waals surface area contributed by atoms with E-state index in [1.54, 1.807) is 13.1 Å². The zero-order valence-corrected chi connectivity index (χ0v) is 12.2. The van der Waals surface area contributed by atoms with Gasteiger partial charge in [0.05, 0.1) is 6.54 Å². The summed E-state index contributed by atoms with van der Waals surface area (Å²) in [5, 5.41) is -0.00809. The molecule has 0 amide bonds. The van der Waals surface area contributed by atoms with E-state index in [-0.39, 0.29) is 11.6 Å². The van der Waals surface area contributed by atoms with Crippen LogP contribution in [-0.2, 0) is 16.6 Å². The second kappa shape index (κ2) is 6.07. The first kappa shape index (κ1) is 14.6. The molecule has 0 radical (unpaired) electrons. The van der Waals surface area contributed by atoms with Gasteiger partial charge in [0.25, 0.3) is 10.0 Å². The Labute approximate surface area is 114 Å². The Morgan fingerprint density at radius 1 is 1.32 bits per heavy atom. The van der Waals surface area contributed by atoms with Gasteiger partial charge in [0.1, 0.15) is 5.76 Å². The lowest BCUT2D eigenvalue weighted by atomic mass is 9.89. The summed E-state index contributed by atoms with van der Waals surface area (Å²) in [6.45, 7) is 0.781. The average molecular weight is 286 g/mol. The van der Waals surface area contributed by atoms with E-state index in [0.29, 0.717) is 18.2 Å². The summed E-state index contributed by atoms with van der Waals surface area (Å²) in [7, 11) is -1.90. The van der Waals surface area contributed by atoms with Crippen LogP contribution in [0.25, 0.3) is 0 Å². The summed E-state index contributed by atoms with van der Waals surface area (Å²) in [4.78, 5) is 0. The highest BCUT2D eigenvalue weighted by molar-refractivity contribution is 7.89. The van der Waals surface area contributed by atoms with Gasteiger partial charge in [-0.15, -0.1) is 0 Å². The molecule has 5 nitrogen and oxygen atoms in total. The molecule has 1 aliphatic carbocycles. The monoisotopic (exact) mass is 286 g/mol. The fourth-order valence-electron chi connectivity index (χ4n) is 2.59. The van der Waals surface area contributed by atoms with Crippen LogP contribution in [0.5, 0.6) is 0 Å². The SMILES string of the molecule is CN(CC1CCCCC1)S(=O)(=O)c1ccc(CN)o1. The van der Waals surface area contributed by atoms with Crippen molar-refractivity contribution in [3.8, 4) is 0 Å². The summed E-state index contributed by atoms with van der Waals surface area (Å²) in [6, 6.07) is 3.09. The van der Waals surface area contributed by atoms with Gasteiger partial charge in [-0.1, -0.05) is 19.3 Å². The molecule has 0 atom stereocenters.